The van der Waals surface area contributed by atoms with Gasteiger partial charge in [0.15, 0.2) is 6.29 Å². The summed E-state index contributed by atoms with van der Waals surface area (Å²) < 4.78 is 11.1. The smallest absolute Gasteiger partial charge is 0.249 e. The monoisotopic (exact) mass is 744 g/mol. The molecule has 1 amide bonds. The van der Waals surface area contributed by atoms with Crippen LogP contribution in [-0.2, 0) is 14.3 Å². The van der Waals surface area contributed by atoms with Crippen molar-refractivity contribution in [3.05, 3.63) is 12.2 Å². The molecule has 52 heavy (non-hydrogen) atoms. The fourth-order valence-electron chi connectivity index (χ4n) is 6.87. The third-order valence-corrected chi connectivity index (χ3v) is 10.5. The number of aliphatic hydroxyl groups is 6. The van der Waals surface area contributed by atoms with Gasteiger partial charge in [0, 0.05) is 0 Å². The lowest BCUT2D eigenvalue weighted by Crippen LogP contribution is -2.60. The maximum Gasteiger partial charge on any atom is 0.249 e. The molecule has 0 bridgehead atoms. The summed E-state index contributed by atoms with van der Waals surface area (Å²) in [6.07, 6.45) is 25.8. The third-order valence-electron chi connectivity index (χ3n) is 10.5. The van der Waals surface area contributed by atoms with Gasteiger partial charge < -0.3 is 45.4 Å². The summed E-state index contributed by atoms with van der Waals surface area (Å²) in [5.41, 5.74) is 0. The summed E-state index contributed by atoms with van der Waals surface area (Å²) in [4.78, 5) is 13.0. The zero-order chi connectivity index (χ0) is 38.2. The Labute approximate surface area is 317 Å². The zero-order valence-corrected chi connectivity index (χ0v) is 33.2. The molecule has 0 saturated carbocycles. The van der Waals surface area contributed by atoms with E-state index in [0.29, 0.717) is 6.42 Å². The van der Waals surface area contributed by atoms with Gasteiger partial charge in [-0.2, -0.15) is 0 Å². The number of carbonyl (C=O) groups excluding carboxylic acids is 1. The Morgan fingerprint density at radius 1 is 0.654 bits per heavy atom. The third kappa shape index (κ3) is 23.6. The number of nitrogens with one attached hydrogen (secondary N) is 1. The predicted octanol–water partition coefficient (Wildman–Crippen LogP) is 7.14. The van der Waals surface area contributed by atoms with Crippen LogP contribution in [0.3, 0.4) is 0 Å². The van der Waals surface area contributed by atoms with Gasteiger partial charge >= 0.3 is 0 Å². The lowest BCUT2D eigenvalue weighted by atomic mass is 9.99. The number of unbranched alkanes of at least 4 members (excludes halogenated alkanes) is 24. The Kier molecular flexibility index (Phi) is 31.3. The van der Waals surface area contributed by atoms with E-state index in [2.05, 4.69) is 19.2 Å². The molecule has 1 aliphatic rings. The maximum absolute atomic E-state index is 13.0. The van der Waals surface area contributed by atoms with Crippen LogP contribution in [0.25, 0.3) is 0 Å². The second-order valence-corrected chi connectivity index (χ2v) is 15.3. The SMILES string of the molecule is CCCCCCCCCCCC/C=C/C(O)C(COC1OC(CO)C(O)C(O)C1O)NC(=O)C(O)CCCCCCCCCCCCCCCCC. The van der Waals surface area contributed by atoms with Gasteiger partial charge in [-0.25, -0.2) is 0 Å². The second-order valence-electron chi connectivity index (χ2n) is 15.3. The fraction of sp³-hybridized carbons (Fsp3) is 0.929. The van der Waals surface area contributed by atoms with Gasteiger partial charge in [-0.15, -0.1) is 0 Å². The highest BCUT2D eigenvalue weighted by molar-refractivity contribution is 5.80. The van der Waals surface area contributed by atoms with Crippen LogP contribution in [0.1, 0.15) is 187 Å². The van der Waals surface area contributed by atoms with Gasteiger partial charge in [0.25, 0.3) is 0 Å². The quantitative estimate of drug-likeness (QED) is 0.0264. The normalized spacial score (nSPS) is 22.5. The first-order valence-corrected chi connectivity index (χ1v) is 21.5. The average molecular weight is 744 g/mol. The number of carbonyl (C=O) groups is 1. The zero-order valence-electron chi connectivity index (χ0n) is 33.2. The highest BCUT2D eigenvalue weighted by atomic mass is 16.7. The van der Waals surface area contributed by atoms with E-state index in [1.54, 1.807) is 6.08 Å². The Hall–Kier alpha value is -1.11. The molecule has 8 unspecified atom stereocenters. The van der Waals surface area contributed by atoms with E-state index in [4.69, 9.17) is 9.47 Å². The van der Waals surface area contributed by atoms with Crippen molar-refractivity contribution >= 4 is 5.91 Å². The molecule has 1 saturated heterocycles. The van der Waals surface area contributed by atoms with Gasteiger partial charge in [-0.05, 0) is 19.3 Å². The minimum atomic E-state index is -1.61. The first-order valence-electron chi connectivity index (χ1n) is 21.5. The molecule has 0 aromatic carbocycles. The summed E-state index contributed by atoms with van der Waals surface area (Å²) in [7, 11) is 0. The molecule has 10 heteroatoms. The van der Waals surface area contributed by atoms with E-state index in [1.807, 2.05) is 6.08 Å². The van der Waals surface area contributed by atoms with Crippen LogP contribution in [0.5, 0.6) is 0 Å². The van der Waals surface area contributed by atoms with Crippen molar-refractivity contribution < 1.29 is 44.9 Å². The van der Waals surface area contributed by atoms with E-state index in [0.717, 1.165) is 44.9 Å². The van der Waals surface area contributed by atoms with Gasteiger partial charge in [-0.1, -0.05) is 180 Å². The Bertz CT molecular complexity index is 844. The molecule has 308 valence electrons. The van der Waals surface area contributed by atoms with E-state index in [9.17, 15) is 35.4 Å². The van der Waals surface area contributed by atoms with Gasteiger partial charge in [-0.3, -0.25) is 4.79 Å². The predicted molar refractivity (Wildman–Crippen MR) is 209 cm³/mol. The van der Waals surface area contributed by atoms with Crippen molar-refractivity contribution in [2.45, 2.75) is 236 Å². The second kappa shape index (κ2) is 33.2. The molecular weight excluding hydrogens is 662 g/mol. The lowest BCUT2D eigenvalue weighted by molar-refractivity contribution is -0.302. The molecule has 1 aliphatic heterocycles. The summed E-state index contributed by atoms with van der Waals surface area (Å²) in [6.45, 7) is 3.59. The Balaban J connectivity index is 2.45. The summed E-state index contributed by atoms with van der Waals surface area (Å²) >= 11 is 0. The number of allylic oxidation sites excluding steroid dienone is 1. The number of amides is 1. The number of rotatable bonds is 35. The van der Waals surface area contributed by atoms with Gasteiger partial charge in [0.05, 0.1) is 25.4 Å². The van der Waals surface area contributed by atoms with Crippen LogP contribution in [0.4, 0.5) is 0 Å². The first-order chi connectivity index (χ1) is 25.3. The van der Waals surface area contributed by atoms with Crippen molar-refractivity contribution in [1.29, 1.82) is 0 Å². The van der Waals surface area contributed by atoms with Crippen LogP contribution >= 0.6 is 0 Å². The number of hydrogen-bond donors (Lipinski definition) is 7. The Morgan fingerprint density at radius 2 is 1.10 bits per heavy atom. The molecule has 0 radical (unpaired) electrons. The Morgan fingerprint density at radius 3 is 1.56 bits per heavy atom. The topological polar surface area (TPSA) is 169 Å². The van der Waals surface area contributed by atoms with E-state index in [-0.39, 0.29) is 6.61 Å². The van der Waals surface area contributed by atoms with Crippen LogP contribution in [0, 0.1) is 0 Å². The number of ether oxygens (including phenoxy) is 2. The molecule has 0 aromatic heterocycles. The van der Waals surface area contributed by atoms with E-state index in [1.165, 1.54) is 122 Å². The highest BCUT2D eigenvalue weighted by Crippen LogP contribution is 2.23. The molecule has 10 nitrogen and oxygen atoms in total. The summed E-state index contributed by atoms with van der Waals surface area (Å²) in [5.74, 6) is -0.616. The average Bonchev–Trinajstić information content (AvgIpc) is 3.14. The van der Waals surface area contributed by atoms with Gasteiger partial charge in [0.1, 0.15) is 30.5 Å². The van der Waals surface area contributed by atoms with Crippen LogP contribution in [-0.4, -0.2) is 98.7 Å². The van der Waals surface area contributed by atoms with Crippen molar-refractivity contribution in [2.75, 3.05) is 13.2 Å². The minimum absolute atomic E-state index is 0.302. The van der Waals surface area contributed by atoms with Crippen molar-refractivity contribution in [3.63, 3.8) is 0 Å². The summed E-state index contributed by atoms with van der Waals surface area (Å²) in [5, 5.41) is 64.4. The van der Waals surface area contributed by atoms with Crippen LogP contribution in [0.2, 0.25) is 0 Å². The van der Waals surface area contributed by atoms with Crippen LogP contribution < -0.4 is 5.32 Å². The van der Waals surface area contributed by atoms with E-state index >= 15 is 0 Å². The first kappa shape index (κ1) is 48.9. The minimum Gasteiger partial charge on any atom is -0.394 e. The molecular formula is C42H81NO9. The molecule has 8 atom stereocenters. The molecule has 1 heterocycles. The van der Waals surface area contributed by atoms with Gasteiger partial charge in [0.2, 0.25) is 5.91 Å². The van der Waals surface area contributed by atoms with E-state index < -0.39 is 61.5 Å². The number of aliphatic hydroxyl groups excluding tert-OH is 6. The largest absolute Gasteiger partial charge is 0.394 e. The maximum atomic E-state index is 13.0. The van der Waals surface area contributed by atoms with Crippen LogP contribution in [0.15, 0.2) is 12.2 Å². The standard InChI is InChI=1S/C42H81NO9/c1-3-5-7-9-11-13-15-17-18-19-21-23-25-27-29-31-36(46)41(50)43-34(33-51-42-40(49)39(48)38(47)37(32-44)52-42)35(45)30-28-26-24-22-20-16-14-12-10-8-6-4-2/h28,30,34-40,42,44-49H,3-27,29,31-33H2,1-2H3,(H,43,50)/b30-28+. The molecule has 7 N–H and O–H groups in total. The van der Waals surface area contributed by atoms with Crippen molar-refractivity contribution in [1.82, 2.24) is 5.32 Å². The van der Waals surface area contributed by atoms with Crippen molar-refractivity contribution in [3.8, 4) is 0 Å². The molecule has 1 rings (SSSR count). The molecule has 0 aromatic rings. The molecule has 0 aliphatic carbocycles. The lowest BCUT2D eigenvalue weighted by Gasteiger charge is -2.40. The summed E-state index contributed by atoms with van der Waals surface area (Å²) in [6, 6.07) is -0.973. The highest BCUT2D eigenvalue weighted by Gasteiger charge is 2.44. The molecule has 1 fully saturated rings. The fourth-order valence-corrected chi connectivity index (χ4v) is 6.87. The number of hydrogen-bond acceptors (Lipinski definition) is 9. The van der Waals surface area contributed by atoms with Crippen molar-refractivity contribution in [2.24, 2.45) is 0 Å². The molecule has 0 spiro atoms.